The molecule has 0 saturated heterocycles. The molecule has 0 radical (unpaired) electrons. The van der Waals surface area contributed by atoms with Crippen molar-refractivity contribution in [2.75, 3.05) is 6.61 Å². The van der Waals surface area contributed by atoms with E-state index in [0.717, 1.165) is 11.1 Å². The second kappa shape index (κ2) is 6.20. The number of rotatable bonds is 5. The van der Waals surface area contributed by atoms with Gasteiger partial charge in [0.25, 0.3) is 0 Å². The highest BCUT2D eigenvalue weighted by Gasteiger charge is 2.36. The molecule has 96 valence electrons. The van der Waals surface area contributed by atoms with Crippen molar-refractivity contribution >= 4 is 5.97 Å². The highest BCUT2D eigenvalue weighted by Crippen LogP contribution is 2.30. The Morgan fingerprint density at radius 2 is 2.00 bits per heavy atom. The predicted molar refractivity (Wildman–Crippen MR) is 70.0 cm³/mol. The first-order valence-electron chi connectivity index (χ1n) is 6.16. The van der Waals surface area contributed by atoms with Crippen LogP contribution in [0.4, 0.5) is 0 Å². The fraction of sp³-hybridized carbons (Fsp3) is 0.467. The Morgan fingerprint density at radius 3 is 2.50 bits per heavy atom. The molecule has 18 heavy (non-hydrogen) atoms. The SMILES string of the molecule is CCOC(=O)C(C)(CCC#N)c1ccc(C)cc1. The van der Waals surface area contributed by atoms with Gasteiger partial charge in [-0.15, -0.1) is 0 Å². The smallest absolute Gasteiger partial charge is 0.316 e. The third-order valence-corrected chi connectivity index (χ3v) is 3.15. The molecule has 0 aliphatic heterocycles. The number of hydrogen-bond donors (Lipinski definition) is 0. The first-order valence-corrected chi connectivity index (χ1v) is 6.16. The number of hydrogen-bond acceptors (Lipinski definition) is 3. The van der Waals surface area contributed by atoms with E-state index >= 15 is 0 Å². The lowest BCUT2D eigenvalue weighted by atomic mass is 9.78. The van der Waals surface area contributed by atoms with E-state index in [0.29, 0.717) is 19.4 Å². The van der Waals surface area contributed by atoms with Gasteiger partial charge in [-0.05, 0) is 32.8 Å². The Labute approximate surface area is 108 Å². The third kappa shape index (κ3) is 3.10. The molecule has 0 fully saturated rings. The standard InChI is InChI=1S/C15H19NO2/c1-4-18-14(17)15(3,10-5-11-16)13-8-6-12(2)7-9-13/h6-9H,4-5,10H2,1-3H3. The van der Waals surface area contributed by atoms with Crippen molar-refractivity contribution in [2.45, 2.75) is 39.0 Å². The number of ether oxygens (including phenoxy) is 1. The normalized spacial score (nSPS) is 13.4. The van der Waals surface area contributed by atoms with Gasteiger partial charge in [0.05, 0.1) is 18.1 Å². The van der Waals surface area contributed by atoms with Crippen molar-refractivity contribution in [3.05, 3.63) is 35.4 Å². The van der Waals surface area contributed by atoms with Crippen LogP contribution in [0.5, 0.6) is 0 Å². The number of nitrogens with zero attached hydrogens (tertiary/aromatic N) is 1. The van der Waals surface area contributed by atoms with Crippen molar-refractivity contribution < 1.29 is 9.53 Å². The Bertz CT molecular complexity index is 445. The lowest BCUT2D eigenvalue weighted by molar-refractivity contribution is -0.149. The number of esters is 1. The van der Waals surface area contributed by atoms with Crippen LogP contribution in [0.1, 0.15) is 37.8 Å². The molecular weight excluding hydrogens is 226 g/mol. The maximum Gasteiger partial charge on any atom is 0.316 e. The number of aryl methyl sites for hydroxylation is 1. The molecule has 1 atom stereocenters. The molecule has 0 aliphatic rings. The molecule has 0 spiro atoms. The Kier molecular flexibility index (Phi) is 4.91. The van der Waals surface area contributed by atoms with Gasteiger partial charge in [-0.25, -0.2) is 0 Å². The van der Waals surface area contributed by atoms with Gasteiger partial charge in [0.15, 0.2) is 0 Å². The van der Waals surface area contributed by atoms with Crippen LogP contribution in [-0.2, 0) is 14.9 Å². The second-order valence-electron chi connectivity index (χ2n) is 4.58. The number of carbonyl (C=O) groups excluding carboxylic acids is 1. The van der Waals surface area contributed by atoms with Gasteiger partial charge in [-0.3, -0.25) is 4.79 Å². The first-order chi connectivity index (χ1) is 8.54. The molecule has 0 heterocycles. The van der Waals surface area contributed by atoms with Crippen LogP contribution in [0.25, 0.3) is 0 Å². The zero-order valence-electron chi connectivity index (χ0n) is 11.2. The number of carbonyl (C=O) groups is 1. The van der Waals surface area contributed by atoms with Crippen molar-refractivity contribution in [1.82, 2.24) is 0 Å². The topological polar surface area (TPSA) is 50.1 Å². The third-order valence-electron chi connectivity index (χ3n) is 3.15. The lowest BCUT2D eigenvalue weighted by Gasteiger charge is -2.27. The summed E-state index contributed by atoms with van der Waals surface area (Å²) in [5, 5.41) is 8.73. The maximum atomic E-state index is 12.1. The van der Waals surface area contributed by atoms with Gasteiger partial charge in [-0.1, -0.05) is 29.8 Å². The van der Waals surface area contributed by atoms with Crippen LogP contribution >= 0.6 is 0 Å². The fourth-order valence-corrected chi connectivity index (χ4v) is 1.88. The van der Waals surface area contributed by atoms with Crippen LogP contribution in [0, 0.1) is 18.3 Å². The molecule has 0 bridgehead atoms. The molecule has 3 heteroatoms. The van der Waals surface area contributed by atoms with E-state index in [4.69, 9.17) is 10.00 Å². The number of nitriles is 1. The van der Waals surface area contributed by atoms with Crippen molar-refractivity contribution in [1.29, 1.82) is 5.26 Å². The molecule has 1 aromatic rings. The fourth-order valence-electron chi connectivity index (χ4n) is 1.88. The molecule has 1 rings (SSSR count). The minimum atomic E-state index is -0.737. The van der Waals surface area contributed by atoms with Crippen molar-refractivity contribution in [2.24, 2.45) is 0 Å². The molecule has 0 aliphatic carbocycles. The second-order valence-corrected chi connectivity index (χ2v) is 4.58. The summed E-state index contributed by atoms with van der Waals surface area (Å²) < 4.78 is 5.14. The summed E-state index contributed by atoms with van der Waals surface area (Å²) in [6.07, 6.45) is 0.814. The highest BCUT2D eigenvalue weighted by atomic mass is 16.5. The van der Waals surface area contributed by atoms with Gasteiger partial charge >= 0.3 is 5.97 Å². The maximum absolute atomic E-state index is 12.1. The zero-order chi connectivity index (χ0) is 13.6. The highest BCUT2D eigenvalue weighted by molar-refractivity contribution is 5.82. The molecule has 1 aromatic carbocycles. The Hall–Kier alpha value is -1.82. The minimum Gasteiger partial charge on any atom is -0.465 e. The average Bonchev–Trinajstić information content (AvgIpc) is 2.37. The minimum absolute atomic E-state index is 0.260. The molecular formula is C15H19NO2. The average molecular weight is 245 g/mol. The van der Waals surface area contributed by atoms with Gasteiger partial charge in [-0.2, -0.15) is 5.26 Å². The molecule has 0 N–H and O–H groups in total. The summed E-state index contributed by atoms with van der Waals surface area (Å²) >= 11 is 0. The molecule has 0 aromatic heterocycles. The summed E-state index contributed by atoms with van der Waals surface area (Å²) in [5.74, 6) is -0.260. The van der Waals surface area contributed by atoms with Crippen LogP contribution < -0.4 is 0 Å². The zero-order valence-corrected chi connectivity index (χ0v) is 11.2. The Balaban J connectivity index is 3.07. The lowest BCUT2D eigenvalue weighted by Crippen LogP contribution is -2.34. The van der Waals surface area contributed by atoms with Crippen LogP contribution in [-0.4, -0.2) is 12.6 Å². The van der Waals surface area contributed by atoms with E-state index in [2.05, 4.69) is 6.07 Å². The largest absolute Gasteiger partial charge is 0.465 e. The summed E-state index contributed by atoms with van der Waals surface area (Å²) in [4.78, 5) is 12.1. The van der Waals surface area contributed by atoms with Crippen molar-refractivity contribution in [3.63, 3.8) is 0 Å². The van der Waals surface area contributed by atoms with Crippen LogP contribution in [0.2, 0.25) is 0 Å². The van der Waals surface area contributed by atoms with E-state index in [-0.39, 0.29) is 5.97 Å². The van der Waals surface area contributed by atoms with Gasteiger partial charge in [0, 0.05) is 6.42 Å². The monoisotopic (exact) mass is 245 g/mol. The van der Waals surface area contributed by atoms with E-state index in [1.807, 2.05) is 38.1 Å². The van der Waals surface area contributed by atoms with Gasteiger partial charge < -0.3 is 4.74 Å². The Morgan fingerprint density at radius 1 is 1.39 bits per heavy atom. The van der Waals surface area contributed by atoms with Gasteiger partial charge in [0.2, 0.25) is 0 Å². The predicted octanol–water partition coefficient (Wildman–Crippen LogP) is 3.12. The summed E-state index contributed by atoms with van der Waals surface area (Å²) in [5.41, 5.74) is 1.31. The van der Waals surface area contributed by atoms with E-state index in [9.17, 15) is 4.79 Å². The van der Waals surface area contributed by atoms with E-state index < -0.39 is 5.41 Å². The van der Waals surface area contributed by atoms with E-state index in [1.54, 1.807) is 6.92 Å². The summed E-state index contributed by atoms with van der Waals surface area (Å²) in [6.45, 7) is 5.98. The quantitative estimate of drug-likeness (QED) is 0.749. The van der Waals surface area contributed by atoms with E-state index in [1.165, 1.54) is 0 Å². The number of benzene rings is 1. The summed E-state index contributed by atoms with van der Waals surface area (Å²) in [7, 11) is 0. The van der Waals surface area contributed by atoms with Crippen LogP contribution in [0.3, 0.4) is 0 Å². The molecule has 0 saturated carbocycles. The van der Waals surface area contributed by atoms with Crippen LogP contribution in [0.15, 0.2) is 24.3 Å². The summed E-state index contributed by atoms with van der Waals surface area (Å²) in [6, 6.07) is 9.90. The first kappa shape index (κ1) is 14.2. The van der Waals surface area contributed by atoms with Gasteiger partial charge in [0.1, 0.15) is 0 Å². The molecule has 1 unspecified atom stereocenters. The molecule has 0 amide bonds. The van der Waals surface area contributed by atoms with Crippen molar-refractivity contribution in [3.8, 4) is 6.07 Å². The molecule has 3 nitrogen and oxygen atoms in total.